The second-order valence-electron chi connectivity index (χ2n) is 9.70. The molecule has 1 aliphatic rings. The van der Waals surface area contributed by atoms with Gasteiger partial charge in [-0.1, -0.05) is 17.2 Å². The van der Waals surface area contributed by atoms with E-state index in [-0.39, 0.29) is 10.9 Å². The molecule has 1 amide bonds. The van der Waals surface area contributed by atoms with Crippen molar-refractivity contribution in [2.45, 2.75) is 12.8 Å². The molecule has 266 valence electrons. The van der Waals surface area contributed by atoms with E-state index < -0.39 is 26.6 Å². The topological polar surface area (TPSA) is 247 Å². The molecule has 0 unspecified atom stereocenters. The molecule has 48 heavy (non-hydrogen) atoms. The van der Waals surface area contributed by atoms with Crippen molar-refractivity contribution in [2.24, 2.45) is 0 Å². The van der Waals surface area contributed by atoms with Crippen LogP contribution in [0, 0.1) is 5.82 Å². The molecule has 3 aromatic rings. The lowest BCUT2D eigenvalue weighted by atomic mass is 10.0. The molecule has 0 aliphatic carbocycles. The maximum absolute atomic E-state index is 13.6. The number of carbonyl (C=O) groups is 1. The third kappa shape index (κ3) is 16.5. The number of aromatic nitrogens is 2. The van der Waals surface area contributed by atoms with Crippen LogP contribution >= 0.6 is 11.6 Å². The Morgan fingerprint density at radius 1 is 0.979 bits per heavy atom. The van der Waals surface area contributed by atoms with Crippen molar-refractivity contribution in [3.05, 3.63) is 59.1 Å². The second-order valence-corrected chi connectivity index (χ2v) is 11.9. The standard InChI is InChI=1S/C27H31ClFN5O4.2H2O4S/c1-36-10-9-34-7-5-18(6-8-34)13-26(35)33-24-15-20-23(16-25(24)38-12-11-37-2)30-17-31-27(20)32-19-3-4-22(29)21(28)14-19;2*1-5(2,3)4/h3-4,13-17H,5-12H2,1-2H3,(H,33,35)(H,30,31,32);2*(H2,1,2,3,4). The minimum absolute atomic E-state index is 0.00675. The normalized spacial score (nSPS) is 13.5. The molecule has 4 rings (SSSR count). The Labute approximate surface area is 281 Å². The minimum Gasteiger partial charge on any atom is -0.489 e. The van der Waals surface area contributed by atoms with Gasteiger partial charge in [0.15, 0.2) is 0 Å². The van der Waals surface area contributed by atoms with E-state index in [1.807, 2.05) is 0 Å². The number of nitrogens with zero attached hydrogens (tertiary/aromatic N) is 3. The summed E-state index contributed by atoms with van der Waals surface area (Å²) in [5, 5.41) is 6.75. The van der Waals surface area contributed by atoms with Crippen LogP contribution in [0.1, 0.15) is 12.8 Å². The summed E-state index contributed by atoms with van der Waals surface area (Å²) in [6.07, 6.45) is 4.73. The first-order valence-electron chi connectivity index (χ1n) is 13.7. The van der Waals surface area contributed by atoms with Gasteiger partial charge in [-0.15, -0.1) is 0 Å². The molecule has 21 heteroatoms. The molecule has 1 saturated heterocycles. The van der Waals surface area contributed by atoms with Crippen LogP contribution in [0.5, 0.6) is 5.75 Å². The molecule has 0 spiro atoms. The smallest absolute Gasteiger partial charge is 0.394 e. The number of rotatable bonds is 11. The lowest BCUT2D eigenvalue weighted by Gasteiger charge is -2.27. The largest absolute Gasteiger partial charge is 0.489 e. The third-order valence-corrected chi connectivity index (χ3v) is 6.46. The van der Waals surface area contributed by atoms with Crippen molar-refractivity contribution in [3.8, 4) is 5.75 Å². The van der Waals surface area contributed by atoms with Gasteiger partial charge in [0, 0.05) is 57.1 Å². The fraction of sp³-hybridized carbons (Fsp3) is 0.370. The number of carbonyl (C=O) groups excluding carboxylic acids is 1. The molecule has 2 heterocycles. The van der Waals surface area contributed by atoms with E-state index in [9.17, 15) is 9.18 Å². The molecule has 1 aliphatic heterocycles. The monoisotopic (exact) mass is 739 g/mol. The molecule has 1 aromatic heterocycles. The maximum Gasteiger partial charge on any atom is 0.394 e. The summed E-state index contributed by atoms with van der Waals surface area (Å²) in [7, 11) is -6.05. The van der Waals surface area contributed by atoms with Gasteiger partial charge in [0.2, 0.25) is 5.91 Å². The SMILES string of the molecule is COCCOc1cc2ncnc(Nc3ccc(F)c(Cl)c3)c2cc1NC(=O)C=C1CCN(CCOC)CC1.O=S(=O)(O)O.O=S(=O)(O)O. The van der Waals surface area contributed by atoms with Gasteiger partial charge in [0.05, 0.1) is 29.4 Å². The first kappa shape index (κ1) is 40.6. The van der Waals surface area contributed by atoms with Crippen molar-refractivity contribution in [1.29, 1.82) is 0 Å². The molecular formula is C27H35ClFN5O12S2. The van der Waals surface area contributed by atoms with Crippen LogP contribution < -0.4 is 15.4 Å². The number of amides is 1. The quantitative estimate of drug-likeness (QED) is 0.0936. The number of nitrogens with one attached hydrogen (secondary N) is 2. The summed E-state index contributed by atoms with van der Waals surface area (Å²) in [6, 6.07) is 7.81. The minimum atomic E-state index is -4.67. The van der Waals surface area contributed by atoms with Gasteiger partial charge in [-0.2, -0.15) is 16.8 Å². The predicted octanol–water partition coefficient (Wildman–Crippen LogP) is 3.49. The zero-order chi connectivity index (χ0) is 35.9. The average Bonchev–Trinajstić information content (AvgIpc) is 2.97. The highest BCUT2D eigenvalue weighted by molar-refractivity contribution is 7.80. The number of hydrogen-bond donors (Lipinski definition) is 6. The second kappa shape index (κ2) is 19.4. The van der Waals surface area contributed by atoms with Crippen LogP contribution in [-0.2, 0) is 35.1 Å². The summed E-state index contributed by atoms with van der Waals surface area (Å²) in [6.45, 7) is 4.05. The highest BCUT2D eigenvalue weighted by Crippen LogP contribution is 2.34. The molecule has 1 fully saturated rings. The number of fused-ring (bicyclic) bond motifs is 1. The fourth-order valence-electron chi connectivity index (χ4n) is 4.13. The van der Waals surface area contributed by atoms with Gasteiger partial charge in [-0.05, 0) is 37.1 Å². The fourth-order valence-corrected chi connectivity index (χ4v) is 4.31. The van der Waals surface area contributed by atoms with E-state index in [1.165, 1.54) is 18.5 Å². The summed E-state index contributed by atoms with van der Waals surface area (Å²) in [4.78, 5) is 24.0. The summed E-state index contributed by atoms with van der Waals surface area (Å²) in [5.41, 5.74) is 2.73. The van der Waals surface area contributed by atoms with E-state index in [0.717, 1.165) is 38.0 Å². The molecule has 2 aromatic carbocycles. The lowest BCUT2D eigenvalue weighted by molar-refractivity contribution is -0.112. The Hall–Kier alpha value is -3.57. The summed E-state index contributed by atoms with van der Waals surface area (Å²) in [5.74, 6) is 0.184. The van der Waals surface area contributed by atoms with Crippen molar-refractivity contribution < 1.29 is 58.4 Å². The Kier molecular flexibility index (Phi) is 16.4. The molecule has 0 radical (unpaired) electrons. The first-order valence-corrected chi connectivity index (χ1v) is 16.9. The van der Waals surface area contributed by atoms with Gasteiger partial charge >= 0.3 is 20.8 Å². The molecular weight excluding hydrogens is 705 g/mol. The highest BCUT2D eigenvalue weighted by Gasteiger charge is 2.17. The van der Waals surface area contributed by atoms with Crippen molar-refractivity contribution >= 4 is 66.4 Å². The number of ether oxygens (including phenoxy) is 3. The Balaban J connectivity index is 0.000000700. The Bertz CT molecular complexity index is 1730. The number of methoxy groups -OCH3 is 2. The Morgan fingerprint density at radius 2 is 1.60 bits per heavy atom. The lowest BCUT2D eigenvalue weighted by Crippen LogP contribution is -2.33. The van der Waals surface area contributed by atoms with Gasteiger partial charge in [0.1, 0.15) is 30.3 Å². The highest BCUT2D eigenvalue weighted by atomic mass is 35.5. The van der Waals surface area contributed by atoms with E-state index in [1.54, 1.807) is 38.5 Å². The van der Waals surface area contributed by atoms with Crippen molar-refractivity contribution in [2.75, 3.05) is 64.3 Å². The zero-order valence-corrected chi connectivity index (χ0v) is 28.1. The number of anilines is 3. The van der Waals surface area contributed by atoms with Crippen LogP contribution in [0.4, 0.5) is 21.6 Å². The number of halogens is 2. The van der Waals surface area contributed by atoms with Crippen LogP contribution in [0.25, 0.3) is 10.9 Å². The van der Waals surface area contributed by atoms with E-state index >= 15 is 0 Å². The van der Waals surface area contributed by atoms with Crippen molar-refractivity contribution in [3.63, 3.8) is 0 Å². The van der Waals surface area contributed by atoms with Gasteiger partial charge in [-0.3, -0.25) is 23.0 Å². The number of piperidine rings is 1. The number of likely N-dealkylation sites (tertiary alicyclic amines) is 1. The molecule has 6 N–H and O–H groups in total. The Morgan fingerprint density at radius 3 is 2.19 bits per heavy atom. The van der Waals surface area contributed by atoms with Crippen LogP contribution in [0.15, 0.2) is 48.3 Å². The molecule has 0 saturated carbocycles. The van der Waals surface area contributed by atoms with E-state index in [0.29, 0.717) is 53.7 Å². The average molecular weight is 740 g/mol. The first-order chi connectivity index (χ1) is 22.5. The van der Waals surface area contributed by atoms with Crippen LogP contribution in [0.2, 0.25) is 5.02 Å². The maximum atomic E-state index is 13.6. The molecule has 0 atom stereocenters. The van der Waals surface area contributed by atoms with E-state index in [4.69, 9.17) is 60.9 Å². The third-order valence-electron chi connectivity index (χ3n) is 6.17. The van der Waals surface area contributed by atoms with Gasteiger partial charge < -0.3 is 29.7 Å². The molecule has 17 nitrogen and oxygen atoms in total. The van der Waals surface area contributed by atoms with E-state index in [2.05, 4.69) is 25.5 Å². The van der Waals surface area contributed by atoms with Crippen molar-refractivity contribution in [1.82, 2.24) is 14.9 Å². The summed E-state index contributed by atoms with van der Waals surface area (Å²) < 4.78 is 92.9. The van der Waals surface area contributed by atoms with Gasteiger partial charge in [-0.25, -0.2) is 14.4 Å². The number of hydrogen-bond acceptors (Lipinski definition) is 12. The number of benzene rings is 2. The molecule has 0 bridgehead atoms. The summed E-state index contributed by atoms with van der Waals surface area (Å²) >= 11 is 5.94. The van der Waals surface area contributed by atoms with Gasteiger partial charge in [0.25, 0.3) is 0 Å². The predicted molar refractivity (Wildman–Crippen MR) is 174 cm³/mol. The zero-order valence-electron chi connectivity index (χ0n) is 25.7. The van der Waals surface area contributed by atoms with Crippen LogP contribution in [-0.4, -0.2) is 109 Å². The van der Waals surface area contributed by atoms with Crippen LogP contribution in [0.3, 0.4) is 0 Å².